The minimum absolute atomic E-state index is 0.0177. The monoisotopic (exact) mass is 566 g/mol. The van der Waals surface area contributed by atoms with Gasteiger partial charge in [0.25, 0.3) is 9.84 Å². The first-order chi connectivity index (χ1) is 16.7. The summed E-state index contributed by atoms with van der Waals surface area (Å²) < 4.78 is 88.4. The highest BCUT2D eigenvalue weighted by Gasteiger charge is 2.48. The van der Waals surface area contributed by atoms with Crippen LogP contribution in [0.1, 0.15) is 32.3 Å². The summed E-state index contributed by atoms with van der Waals surface area (Å²) in [5.74, 6) is -0.405. The summed E-state index contributed by atoms with van der Waals surface area (Å²) in [5, 5.41) is 5.03. The molecule has 0 bridgehead atoms. The number of sulfonamides is 1. The topological polar surface area (TPSA) is 115 Å². The molecule has 0 saturated heterocycles. The number of benzene rings is 2. The number of alkyl halides is 3. The number of nitrogens with two attached hydrogens (primary N) is 1. The van der Waals surface area contributed by atoms with Crippen LogP contribution >= 0.6 is 11.8 Å². The van der Waals surface area contributed by atoms with E-state index in [9.17, 15) is 34.8 Å². The van der Waals surface area contributed by atoms with Crippen molar-refractivity contribution in [2.45, 2.75) is 53.3 Å². The number of thioether (sulfide) groups is 1. The van der Waals surface area contributed by atoms with Crippen molar-refractivity contribution in [2.75, 3.05) is 18.8 Å². The van der Waals surface area contributed by atoms with Gasteiger partial charge in [-0.15, -0.1) is 11.8 Å². The predicted molar refractivity (Wildman–Crippen MR) is 133 cm³/mol. The Labute approximate surface area is 214 Å². The highest BCUT2D eigenvalue weighted by molar-refractivity contribution is 7.99. The van der Waals surface area contributed by atoms with E-state index in [1.807, 2.05) is 44.2 Å². The number of amides is 1. The molecule has 0 saturated carbocycles. The second-order valence-electron chi connectivity index (χ2n) is 8.14. The molecule has 0 spiro atoms. The Bertz CT molecular complexity index is 1250. The van der Waals surface area contributed by atoms with Gasteiger partial charge in [0.1, 0.15) is 0 Å². The van der Waals surface area contributed by atoms with Gasteiger partial charge in [0.05, 0.1) is 9.79 Å². The van der Waals surface area contributed by atoms with Gasteiger partial charge in [-0.2, -0.15) is 13.2 Å². The van der Waals surface area contributed by atoms with Gasteiger partial charge >= 0.3 is 5.51 Å². The molecule has 0 radical (unpaired) electrons. The van der Waals surface area contributed by atoms with E-state index in [-0.39, 0.29) is 24.3 Å². The smallest absolute Gasteiger partial charge is 0.343 e. The van der Waals surface area contributed by atoms with Crippen LogP contribution in [0.25, 0.3) is 0 Å². The molecule has 0 aliphatic carbocycles. The summed E-state index contributed by atoms with van der Waals surface area (Å²) in [4.78, 5) is 13.5. The maximum absolute atomic E-state index is 13.4. The number of carbonyl (C=O) groups excluding carboxylic acids is 1. The lowest BCUT2D eigenvalue weighted by molar-refractivity contribution is -0.131. The SMILES string of the molecule is CCCN(CC)C(=O)C[C@H](CSc1ccccc1)Cc1ccc(S(N)(=O)=O)cc1S(=O)(=O)C(F)(F)F. The molecule has 0 heterocycles. The van der Waals surface area contributed by atoms with E-state index in [0.29, 0.717) is 24.9 Å². The molecule has 0 unspecified atom stereocenters. The zero-order chi connectivity index (χ0) is 27.1. The third kappa shape index (κ3) is 7.95. The van der Waals surface area contributed by atoms with Gasteiger partial charge in [0.2, 0.25) is 15.9 Å². The van der Waals surface area contributed by atoms with Crippen LogP contribution in [0.4, 0.5) is 13.2 Å². The van der Waals surface area contributed by atoms with Gasteiger partial charge in [-0.1, -0.05) is 31.2 Å². The van der Waals surface area contributed by atoms with Crippen LogP contribution in [0.3, 0.4) is 0 Å². The number of hydrogen-bond acceptors (Lipinski definition) is 6. The van der Waals surface area contributed by atoms with Crippen LogP contribution in [0.5, 0.6) is 0 Å². The Morgan fingerprint density at radius 3 is 2.22 bits per heavy atom. The zero-order valence-electron chi connectivity index (χ0n) is 19.9. The molecule has 0 aliphatic rings. The van der Waals surface area contributed by atoms with Gasteiger partial charge in [0.15, 0.2) is 0 Å². The predicted octanol–water partition coefficient (Wildman–Crippen LogP) is 4.23. The molecule has 1 atom stereocenters. The van der Waals surface area contributed by atoms with Crippen LogP contribution in [-0.2, 0) is 31.1 Å². The number of carbonyl (C=O) groups is 1. The van der Waals surface area contributed by atoms with Crippen molar-refractivity contribution in [3.63, 3.8) is 0 Å². The molecule has 13 heteroatoms. The quantitative estimate of drug-likeness (QED) is 0.385. The van der Waals surface area contributed by atoms with E-state index in [1.165, 1.54) is 11.8 Å². The number of halogens is 3. The first kappa shape index (κ1) is 30.1. The molecule has 7 nitrogen and oxygen atoms in total. The Balaban J connectivity index is 2.49. The fourth-order valence-electron chi connectivity index (χ4n) is 3.59. The molecule has 2 N–H and O–H groups in total. The molecule has 1 amide bonds. The largest absolute Gasteiger partial charge is 0.501 e. The zero-order valence-corrected chi connectivity index (χ0v) is 22.3. The first-order valence-corrected chi connectivity index (χ1v) is 15.1. The maximum atomic E-state index is 13.4. The normalized spacial score (nSPS) is 13.4. The fourth-order valence-corrected chi connectivity index (χ4v) is 6.25. The molecule has 0 aromatic heterocycles. The maximum Gasteiger partial charge on any atom is 0.501 e. The van der Waals surface area contributed by atoms with Gasteiger partial charge in [0, 0.05) is 30.2 Å². The molecule has 0 aliphatic heterocycles. The van der Waals surface area contributed by atoms with Gasteiger partial charge in [-0.25, -0.2) is 22.0 Å². The number of sulfone groups is 1. The van der Waals surface area contributed by atoms with Crippen molar-refractivity contribution < 1.29 is 34.8 Å². The minimum Gasteiger partial charge on any atom is -0.343 e. The minimum atomic E-state index is -5.88. The standard InChI is InChI=1S/C23H29F3N2O5S3/c1-3-12-28(4-2)22(29)14-17(16-34-19-8-6-5-7-9-19)13-18-10-11-20(36(27,32)33)15-21(18)35(30,31)23(24,25)26/h5-11,15,17H,3-4,12-14,16H2,1-2H3,(H2,27,32,33)/t17-/m1/s1. The van der Waals surface area contributed by atoms with E-state index >= 15 is 0 Å². The van der Waals surface area contributed by atoms with Gasteiger partial charge < -0.3 is 4.90 Å². The van der Waals surface area contributed by atoms with Crippen LogP contribution in [-0.4, -0.2) is 52.0 Å². The number of rotatable bonds is 12. The number of primary sulfonamides is 1. The highest BCUT2D eigenvalue weighted by atomic mass is 32.2. The Kier molecular flexibility index (Phi) is 10.4. The van der Waals surface area contributed by atoms with E-state index in [1.54, 1.807) is 4.90 Å². The van der Waals surface area contributed by atoms with Crippen LogP contribution in [0, 0.1) is 5.92 Å². The Morgan fingerprint density at radius 2 is 1.69 bits per heavy atom. The summed E-state index contributed by atoms with van der Waals surface area (Å²) in [5.41, 5.74) is -5.88. The Hall–Kier alpha value is -2.09. The fraction of sp³-hybridized carbons (Fsp3) is 0.435. The second kappa shape index (κ2) is 12.4. The van der Waals surface area contributed by atoms with Gasteiger partial charge in [-0.05, 0) is 55.5 Å². The van der Waals surface area contributed by atoms with Crippen LogP contribution < -0.4 is 5.14 Å². The van der Waals surface area contributed by atoms with E-state index in [2.05, 4.69) is 0 Å². The molecule has 2 aromatic carbocycles. The summed E-state index contributed by atoms with van der Waals surface area (Å²) in [6, 6.07) is 11.6. The molecule has 2 rings (SSSR count). The van der Waals surface area contributed by atoms with Crippen molar-refractivity contribution in [1.29, 1.82) is 0 Å². The van der Waals surface area contributed by atoms with Crippen LogP contribution in [0.15, 0.2) is 63.2 Å². The third-order valence-electron chi connectivity index (χ3n) is 5.39. The lowest BCUT2D eigenvalue weighted by Gasteiger charge is -2.24. The van der Waals surface area contributed by atoms with E-state index in [0.717, 1.165) is 23.4 Å². The molecule has 36 heavy (non-hydrogen) atoms. The first-order valence-electron chi connectivity index (χ1n) is 11.1. The van der Waals surface area contributed by atoms with E-state index in [4.69, 9.17) is 5.14 Å². The molecule has 200 valence electrons. The summed E-state index contributed by atoms with van der Waals surface area (Å²) in [7, 11) is -10.3. The molecular weight excluding hydrogens is 537 g/mol. The average Bonchev–Trinajstić information content (AvgIpc) is 2.80. The van der Waals surface area contributed by atoms with Crippen molar-refractivity contribution in [3.05, 3.63) is 54.1 Å². The molecule has 2 aromatic rings. The summed E-state index contributed by atoms with van der Waals surface area (Å²) in [6.07, 6.45) is 0.521. The molecule has 0 fully saturated rings. The van der Waals surface area contributed by atoms with Crippen molar-refractivity contribution in [2.24, 2.45) is 11.1 Å². The van der Waals surface area contributed by atoms with E-state index < -0.39 is 41.1 Å². The lowest BCUT2D eigenvalue weighted by Crippen LogP contribution is -2.33. The average molecular weight is 567 g/mol. The summed E-state index contributed by atoms with van der Waals surface area (Å²) >= 11 is 1.39. The second-order valence-corrected chi connectivity index (χ2v) is 12.7. The lowest BCUT2D eigenvalue weighted by atomic mass is 9.97. The third-order valence-corrected chi connectivity index (χ3v) is 9.11. The highest BCUT2D eigenvalue weighted by Crippen LogP contribution is 2.35. The summed E-state index contributed by atoms with van der Waals surface area (Å²) in [6.45, 7) is 4.72. The van der Waals surface area contributed by atoms with Crippen molar-refractivity contribution >= 4 is 37.5 Å². The Morgan fingerprint density at radius 1 is 1.06 bits per heavy atom. The number of hydrogen-bond donors (Lipinski definition) is 1. The van der Waals surface area contributed by atoms with Gasteiger partial charge in [-0.3, -0.25) is 4.79 Å². The van der Waals surface area contributed by atoms with Crippen molar-refractivity contribution in [3.8, 4) is 0 Å². The van der Waals surface area contributed by atoms with Crippen molar-refractivity contribution in [1.82, 2.24) is 4.90 Å². The number of nitrogens with zero attached hydrogens (tertiary/aromatic N) is 1. The van der Waals surface area contributed by atoms with Crippen LogP contribution in [0.2, 0.25) is 0 Å². The molecular formula is C23H29F3N2O5S3.